The molecule has 0 atom stereocenters. The highest BCUT2D eigenvalue weighted by atomic mass is 16.5. The van der Waals surface area contributed by atoms with E-state index in [4.69, 9.17) is 4.74 Å². The van der Waals surface area contributed by atoms with Gasteiger partial charge in [0.1, 0.15) is 6.10 Å². The normalized spacial score (nSPS) is 18.5. The lowest BCUT2D eigenvalue weighted by Crippen LogP contribution is -2.30. The summed E-state index contributed by atoms with van der Waals surface area (Å²) in [6, 6.07) is 5.99. The minimum absolute atomic E-state index is 0.0670. The van der Waals surface area contributed by atoms with Gasteiger partial charge in [-0.25, -0.2) is 4.79 Å². The molecule has 20 heavy (non-hydrogen) atoms. The van der Waals surface area contributed by atoms with Crippen LogP contribution < -0.4 is 5.11 Å². The van der Waals surface area contributed by atoms with Crippen LogP contribution in [0.1, 0.15) is 60.2 Å². The zero-order valence-electron chi connectivity index (χ0n) is 11.8. The molecule has 2 rings (SSSR count). The van der Waals surface area contributed by atoms with Gasteiger partial charge in [-0.15, -0.1) is 0 Å². The SMILES string of the molecule is CC1(C)CCC(OC(=O)c2ccccc2C(=O)[O-])CC1. The Morgan fingerprint density at radius 3 is 2.25 bits per heavy atom. The number of carboxylic acid groups (broad SMARTS) is 1. The van der Waals surface area contributed by atoms with Crippen molar-refractivity contribution in [2.24, 2.45) is 5.41 Å². The van der Waals surface area contributed by atoms with Crippen molar-refractivity contribution in [2.75, 3.05) is 0 Å². The van der Waals surface area contributed by atoms with Crippen molar-refractivity contribution < 1.29 is 19.4 Å². The van der Waals surface area contributed by atoms with Crippen molar-refractivity contribution in [3.63, 3.8) is 0 Å². The van der Waals surface area contributed by atoms with Crippen LogP contribution in [-0.4, -0.2) is 18.0 Å². The first kappa shape index (κ1) is 14.6. The number of rotatable bonds is 3. The van der Waals surface area contributed by atoms with Crippen LogP contribution in [0.4, 0.5) is 0 Å². The Morgan fingerprint density at radius 2 is 1.70 bits per heavy atom. The minimum atomic E-state index is -1.36. The second kappa shape index (κ2) is 5.65. The third kappa shape index (κ3) is 3.38. The van der Waals surface area contributed by atoms with Gasteiger partial charge in [0.2, 0.25) is 0 Å². The summed E-state index contributed by atoms with van der Waals surface area (Å²) >= 11 is 0. The molecular formula is C16H19O4-. The molecule has 108 valence electrons. The van der Waals surface area contributed by atoms with E-state index < -0.39 is 11.9 Å². The number of carboxylic acids is 1. The molecule has 0 aliphatic heterocycles. The van der Waals surface area contributed by atoms with E-state index in [2.05, 4.69) is 13.8 Å². The average Bonchev–Trinajstić information content (AvgIpc) is 2.41. The highest BCUT2D eigenvalue weighted by Gasteiger charge is 2.29. The summed E-state index contributed by atoms with van der Waals surface area (Å²) in [5.41, 5.74) is 0.247. The molecule has 1 aliphatic rings. The van der Waals surface area contributed by atoms with E-state index in [0.717, 1.165) is 25.7 Å². The quantitative estimate of drug-likeness (QED) is 0.793. The van der Waals surface area contributed by atoms with E-state index >= 15 is 0 Å². The molecule has 0 spiro atoms. The maximum Gasteiger partial charge on any atom is 0.339 e. The van der Waals surface area contributed by atoms with Crippen molar-refractivity contribution in [3.05, 3.63) is 35.4 Å². The van der Waals surface area contributed by atoms with Crippen LogP contribution in [0.5, 0.6) is 0 Å². The van der Waals surface area contributed by atoms with Gasteiger partial charge in [0.25, 0.3) is 0 Å². The van der Waals surface area contributed by atoms with E-state index in [1.54, 1.807) is 12.1 Å². The summed E-state index contributed by atoms with van der Waals surface area (Å²) < 4.78 is 5.43. The van der Waals surface area contributed by atoms with Gasteiger partial charge in [0, 0.05) is 5.56 Å². The van der Waals surface area contributed by atoms with Crippen LogP contribution in [0.15, 0.2) is 24.3 Å². The Labute approximate surface area is 118 Å². The lowest BCUT2D eigenvalue weighted by atomic mass is 9.76. The first-order valence-electron chi connectivity index (χ1n) is 6.90. The smallest absolute Gasteiger partial charge is 0.339 e. The number of aromatic carboxylic acids is 1. The van der Waals surface area contributed by atoms with Crippen LogP contribution in [0, 0.1) is 5.41 Å². The number of esters is 1. The molecule has 1 saturated carbocycles. The lowest BCUT2D eigenvalue weighted by molar-refractivity contribution is -0.255. The first-order valence-corrected chi connectivity index (χ1v) is 6.90. The number of carbonyl (C=O) groups excluding carboxylic acids is 2. The Balaban J connectivity index is 2.04. The van der Waals surface area contributed by atoms with Gasteiger partial charge in [-0.2, -0.15) is 0 Å². The molecule has 4 heteroatoms. The summed E-state index contributed by atoms with van der Waals surface area (Å²) in [4.78, 5) is 23.1. The molecule has 0 saturated heterocycles. The Bertz CT molecular complexity index is 509. The fourth-order valence-corrected chi connectivity index (χ4v) is 2.54. The monoisotopic (exact) mass is 275 g/mol. The summed E-state index contributed by atoms with van der Waals surface area (Å²) in [6.07, 6.45) is 3.55. The van der Waals surface area contributed by atoms with Crippen LogP contribution in [-0.2, 0) is 4.74 Å². The molecule has 0 radical (unpaired) electrons. The van der Waals surface area contributed by atoms with Gasteiger partial charge in [-0.3, -0.25) is 0 Å². The van der Waals surface area contributed by atoms with Gasteiger partial charge >= 0.3 is 5.97 Å². The van der Waals surface area contributed by atoms with Crippen LogP contribution in [0.2, 0.25) is 0 Å². The topological polar surface area (TPSA) is 66.4 Å². The first-order chi connectivity index (χ1) is 9.39. The molecule has 1 aliphatic carbocycles. The number of hydrogen-bond acceptors (Lipinski definition) is 4. The molecule has 4 nitrogen and oxygen atoms in total. The molecule has 0 amide bonds. The standard InChI is InChI=1S/C16H20O4/c1-16(2)9-7-11(8-10-16)20-15(19)13-6-4-3-5-12(13)14(17)18/h3-6,11H,7-10H2,1-2H3,(H,17,18)/p-1. The maximum absolute atomic E-state index is 12.1. The van der Waals surface area contributed by atoms with E-state index in [0.29, 0.717) is 5.41 Å². The predicted octanol–water partition coefficient (Wildman–Crippen LogP) is 2.18. The van der Waals surface area contributed by atoms with Gasteiger partial charge in [-0.1, -0.05) is 32.0 Å². The van der Waals surface area contributed by atoms with Crippen molar-refractivity contribution in [3.8, 4) is 0 Å². The summed E-state index contributed by atoms with van der Waals surface area (Å²) in [7, 11) is 0. The van der Waals surface area contributed by atoms with E-state index in [1.807, 2.05) is 0 Å². The molecule has 0 aromatic heterocycles. The van der Waals surface area contributed by atoms with Crippen LogP contribution in [0.3, 0.4) is 0 Å². The van der Waals surface area contributed by atoms with Crippen molar-refractivity contribution in [2.45, 2.75) is 45.6 Å². The van der Waals surface area contributed by atoms with Gasteiger partial charge in [-0.05, 0) is 37.2 Å². The Kier molecular flexibility index (Phi) is 4.12. The van der Waals surface area contributed by atoms with Crippen LogP contribution in [0.25, 0.3) is 0 Å². The zero-order valence-corrected chi connectivity index (χ0v) is 11.8. The lowest BCUT2D eigenvalue weighted by Gasteiger charge is -2.33. The Morgan fingerprint density at radius 1 is 1.15 bits per heavy atom. The predicted molar refractivity (Wildman–Crippen MR) is 72.2 cm³/mol. The molecular weight excluding hydrogens is 256 g/mol. The molecule has 0 heterocycles. The second-order valence-electron chi connectivity index (χ2n) is 6.10. The highest BCUT2D eigenvalue weighted by molar-refractivity contribution is 6.01. The molecule has 1 fully saturated rings. The largest absolute Gasteiger partial charge is 0.545 e. The van der Waals surface area contributed by atoms with E-state index in [-0.39, 0.29) is 17.2 Å². The molecule has 0 unspecified atom stereocenters. The molecule has 1 aromatic carbocycles. The summed E-state index contributed by atoms with van der Waals surface area (Å²) in [5.74, 6) is -1.93. The zero-order chi connectivity index (χ0) is 14.8. The van der Waals surface area contributed by atoms with Gasteiger partial charge in [0.15, 0.2) is 0 Å². The summed E-state index contributed by atoms with van der Waals surface area (Å²) in [6.45, 7) is 4.41. The van der Waals surface area contributed by atoms with E-state index in [9.17, 15) is 14.7 Å². The molecule has 0 N–H and O–H groups in total. The fourth-order valence-electron chi connectivity index (χ4n) is 2.54. The van der Waals surface area contributed by atoms with Gasteiger partial charge in [0.05, 0.1) is 11.5 Å². The van der Waals surface area contributed by atoms with E-state index in [1.165, 1.54) is 12.1 Å². The van der Waals surface area contributed by atoms with Gasteiger partial charge < -0.3 is 14.6 Å². The third-order valence-electron chi connectivity index (χ3n) is 3.93. The number of hydrogen-bond donors (Lipinski definition) is 0. The Hall–Kier alpha value is -1.84. The highest BCUT2D eigenvalue weighted by Crippen LogP contribution is 2.36. The second-order valence-corrected chi connectivity index (χ2v) is 6.10. The number of benzene rings is 1. The minimum Gasteiger partial charge on any atom is -0.545 e. The summed E-state index contributed by atoms with van der Waals surface area (Å²) in [5, 5.41) is 11.0. The van der Waals surface area contributed by atoms with Crippen molar-refractivity contribution >= 4 is 11.9 Å². The molecule has 0 bridgehead atoms. The maximum atomic E-state index is 12.1. The van der Waals surface area contributed by atoms with Crippen LogP contribution >= 0.6 is 0 Å². The van der Waals surface area contributed by atoms with Crippen molar-refractivity contribution in [1.82, 2.24) is 0 Å². The average molecular weight is 275 g/mol. The third-order valence-corrected chi connectivity index (χ3v) is 3.93. The number of carbonyl (C=O) groups is 2. The number of ether oxygens (including phenoxy) is 1. The fraction of sp³-hybridized carbons (Fsp3) is 0.500. The molecule has 1 aromatic rings. The van der Waals surface area contributed by atoms with Crippen molar-refractivity contribution in [1.29, 1.82) is 0 Å².